The summed E-state index contributed by atoms with van der Waals surface area (Å²) in [5, 5.41) is 0. The van der Waals surface area contributed by atoms with E-state index in [2.05, 4.69) is 34.0 Å². The first-order valence-electron chi connectivity index (χ1n) is 10.2. The third-order valence-electron chi connectivity index (χ3n) is 5.68. The van der Waals surface area contributed by atoms with E-state index in [0.717, 1.165) is 50.0 Å². The Hall–Kier alpha value is -3.03. The van der Waals surface area contributed by atoms with E-state index < -0.39 is 0 Å². The number of aromatic amines is 1. The van der Waals surface area contributed by atoms with Gasteiger partial charge in [-0.25, -0.2) is 4.79 Å². The number of ether oxygens (including phenoxy) is 2. The molecule has 152 valence electrons. The average molecular weight is 395 g/mol. The van der Waals surface area contributed by atoms with Crippen LogP contribution in [0.4, 0.5) is 5.82 Å². The number of hydrogen-bond acceptors (Lipinski definition) is 6. The lowest BCUT2D eigenvalue weighted by molar-refractivity contribution is 0.231. The topological polar surface area (TPSA) is 108 Å². The van der Waals surface area contributed by atoms with Crippen molar-refractivity contribution < 1.29 is 9.47 Å². The molecule has 8 heteroatoms. The van der Waals surface area contributed by atoms with Gasteiger partial charge in [0.05, 0.1) is 19.8 Å². The lowest BCUT2D eigenvalue weighted by Crippen LogP contribution is -2.21. The molecule has 8 nitrogen and oxygen atoms in total. The Balaban J connectivity index is 1.66. The zero-order valence-corrected chi connectivity index (χ0v) is 16.5. The van der Waals surface area contributed by atoms with E-state index in [1.165, 1.54) is 11.1 Å². The summed E-state index contributed by atoms with van der Waals surface area (Å²) in [6.07, 6.45) is 4.95. The molecule has 4 heterocycles. The molecule has 1 aromatic carbocycles. The minimum absolute atomic E-state index is 0.216. The highest BCUT2D eigenvalue weighted by atomic mass is 16.5. The molecule has 2 aliphatic heterocycles. The van der Waals surface area contributed by atoms with Crippen LogP contribution in [0.3, 0.4) is 0 Å². The summed E-state index contributed by atoms with van der Waals surface area (Å²) in [5.74, 6) is 1.75. The lowest BCUT2D eigenvalue weighted by atomic mass is 9.92. The SMILES string of the molecule is CC1COc2c3cc(cc2C1)Cn1c(=O)[nH]c2c(N)nc(nc21)OCCCCC3. The highest BCUT2D eigenvalue weighted by Gasteiger charge is 2.22. The van der Waals surface area contributed by atoms with Crippen molar-refractivity contribution in [1.82, 2.24) is 19.5 Å². The van der Waals surface area contributed by atoms with Crippen LogP contribution in [0.1, 0.15) is 42.9 Å². The first-order valence-corrected chi connectivity index (χ1v) is 10.2. The van der Waals surface area contributed by atoms with Crippen LogP contribution in [0.5, 0.6) is 11.8 Å². The summed E-state index contributed by atoms with van der Waals surface area (Å²) in [6.45, 7) is 3.88. The molecule has 0 saturated heterocycles. The van der Waals surface area contributed by atoms with E-state index in [-0.39, 0.29) is 17.5 Å². The second-order valence-electron chi connectivity index (χ2n) is 8.13. The van der Waals surface area contributed by atoms with Gasteiger partial charge >= 0.3 is 11.7 Å². The monoisotopic (exact) mass is 395 g/mol. The summed E-state index contributed by atoms with van der Waals surface area (Å²) in [6, 6.07) is 4.55. The van der Waals surface area contributed by atoms with Gasteiger partial charge in [0.25, 0.3) is 0 Å². The number of anilines is 1. The Bertz CT molecular complexity index is 1130. The number of rotatable bonds is 0. The Kier molecular flexibility index (Phi) is 4.41. The van der Waals surface area contributed by atoms with E-state index >= 15 is 0 Å². The fourth-order valence-electron chi connectivity index (χ4n) is 4.28. The molecular weight excluding hydrogens is 370 g/mol. The van der Waals surface area contributed by atoms with Gasteiger partial charge in [0.2, 0.25) is 0 Å². The second kappa shape index (κ2) is 7.09. The maximum absolute atomic E-state index is 12.6. The number of H-pyrrole nitrogens is 1. The number of nitrogens with zero attached hydrogens (tertiary/aromatic N) is 3. The quantitative estimate of drug-likeness (QED) is 0.605. The van der Waals surface area contributed by atoms with Gasteiger partial charge in [0.15, 0.2) is 11.5 Å². The summed E-state index contributed by atoms with van der Waals surface area (Å²) >= 11 is 0. The van der Waals surface area contributed by atoms with Crippen molar-refractivity contribution >= 4 is 17.0 Å². The first kappa shape index (κ1) is 18.0. The summed E-state index contributed by atoms with van der Waals surface area (Å²) in [4.78, 5) is 24.1. The van der Waals surface area contributed by atoms with Crippen molar-refractivity contribution in [2.75, 3.05) is 18.9 Å². The van der Waals surface area contributed by atoms with Gasteiger partial charge in [-0.3, -0.25) is 4.57 Å². The van der Waals surface area contributed by atoms with Gasteiger partial charge in [0.1, 0.15) is 11.3 Å². The van der Waals surface area contributed by atoms with Crippen molar-refractivity contribution in [3.8, 4) is 11.8 Å². The number of nitrogens with two attached hydrogens (primary N) is 1. The summed E-state index contributed by atoms with van der Waals surface area (Å²) in [5.41, 5.74) is 10.2. The fourth-order valence-corrected chi connectivity index (χ4v) is 4.28. The molecular formula is C21H25N5O3. The number of aromatic nitrogens is 4. The normalized spacial score (nSPS) is 19.3. The third-order valence-corrected chi connectivity index (χ3v) is 5.68. The third kappa shape index (κ3) is 3.32. The molecule has 2 aromatic heterocycles. The molecule has 29 heavy (non-hydrogen) atoms. The molecule has 4 bridgehead atoms. The summed E-state index contributed by atoms with van der Waals surface area (Å²) < 4.78 is 13.4. The molecule has 2 aliphatic rings. The zero-order valence-electron chi connectivity index (χ0n) is 16.5. The smallest absolute Gasteiger partial charge is 0.328 e. The number of nitrogens with one attached hydrogen (secondary N) is 1. The molecule has 0 saturated carbocycles. The Morgan fingerprint density at radius 2 is 2.03 bits per heavy atom. The summed E-state index contributed by atoms with van der Waals surface area (Å²) in [7, 11) is 0. The van der Waals surface area contributed by atoms with Crippen molar-refractivity contribution in [3.05, 3.63) is 39.3 Å². The number of hydrogen-bond donors (Lipinski definition) is 2. The van der Waals surface area contributed by atoms with Crippen LogP contribution < -0.4 is 20.9 Å². The van der Waals surface area contributed by atoms with Crippen molar-refractivity contribution in [1.29, 1.82) is 0 Å². The van der Waals surface area contributed by atoms with E-state index in [0.29, 0.717) is 30.2 Å². The van der Waals surface area contributed by atoms with E-state index in [4.69, 9.17) is 15.2 Å². The van der Waals surface area contributed by atoms with Crippen LogP contribution in [0.2, 0.25) is 0 Å². The molecule has 1 unspecified atom stereocenters. The minimum Gasteiger partial charge on any atom is -0.493 e. The van der Waals surface area contributed by atoms with Gasteiger partial charge < -0.3 is 20.2 Å². The number of imidazole rings is 1. The fraction of sp³-hybridized carbons (Fsp3) is 0.476. The van der Waals surface area contributed by atoms with Gasteiger partial charge in [-0.2, -0.15) is 9.97 Å². The number of fused-ring (bicyclic) bond motifs is 5. The molecule has 1 atom stereocenters. The molecule has 0 fully saturated rings. The molecule has 3 N–H and O–H groups in total. The van der Waals surface area contributed by atoms with Gasteiger partial charge in [0, 0.05) is 0 Å². The molecule has 0 aliphatic carbocycles. The first-order chi connectivity index (χ1) is 14.1. The second-order valence-corrected chi connectivity index (χ2v) is 8.13. The van der Waals surface area contributed by atoms with Crippen LogP contribution >= 0.6 is 0 Å². The highest BCUT2D eigenvalue weighted by Crippen LogP contribution is 2.34. The number of benzene rings is 1. The Labute approximate surface area is 168 Å². The van der Waals surface area contributed by atoms with Crippen molar-refractivity contribution in [2.24, 2.45) is 5.92 Å². The number of aryl methyl sites for hydroxylation is 1. The van der Waals surface area contributed by atoms with Crippen LogP contribution in [-0.4, -0.2) is 32.7 Å². The van der Waals surface area contributed by atoms with Crippen LogP contribution in [0, 0.1) is 5.92 Å². The largest absolute Gasteiger partial charge is 0.493 e. The van der Waals surface area contributed by atoms with Gasteiger partial charge in [-0.15, -0.1) is 0 Å². The Morgan fingerprint density at radius 3 is 2.93 bits per heavy atom. The predicted octanol–water partition coefficient (Wildman–Crippen LogP) is 2.43. The molecule has 5 rings (SSSR count). The van der Waals surface area contributed by atoms with E-state index in [1.54, 1.807) is 4.57 Å². The van der Waals surface area contributed by atoms with Crippen LogP contribution in [0.15, 0.2) is 16.9 Å². The zero-order chi connectivity index (χ0) is 20.0. The van der Waals surface area contributed by atoms with Gasteiger partial charge in [-0.05, 0) is 54.7 Å². The minimum atomic E-state index is -0.255. The maximum atomic E-state index is 12.6. The maximum Gasteiger partial charge on any atom is 0.328 e. The van der Waals surface area contributed by atoms with E-state index in [1.807, 2.05) is 0 Å². The van der Waals surface area contributed by atoms with Gasteiger partial charge in [-0.1, -0.05) is 19.1 Å². The van der Waals surface area contributed by atoms with Crippen molar-refractivity contribution in [2.45, 2.75) is 45.6 Å². The standard InChI is InChI=1S/C21H25N5O3/c1-12-7-15-9-13-8-14(17(15)29-11-12)5-3-2-4-6-28-20-24-18(22)16-19(25-20)26(10-13)21(27)23-16/h8-9,12H,2-7,10-11H2,1H3,(H,23,27)(H2,22,24,25). The lowest BCUT2D eigenvalue weighted by Gasteiger charge is -2.26. The molecule has 3 aromatic rings. The predicted molar refractivity (Wildman–Crippen MR) is 110 cm³/mol. The Morgan fingerprint density at radius 1 is 1.17 bits per heavy atom. The highest BCUT2D eigenvalue weighted by molar-refractivity contribution is 5.82. The van der Waals surface area contributed by atoms with E-state index in [9.17, 15) is 4.79 Å². The number of nitrogen functional groups attached to an aromatic ring is 1. The average Bonchev–Trinajstić information content (AvgIpc) is 3.00. The molecule has 0 amide bonds. The van der Waals surface area contributed by atoms with Crippen molar-refractivity contribution in [3.63, 3.8) is 0 Å². The van der Waals surface area contributed by atoms with Crippen LogP contribution in [-0.2, 0) is 19.4 Å². The molecule has 0 radical (unpaired) electrons. The molecule has 0 spiro atoms. The van der Waals surface area contributed by atoms with Crippen LogP contribution in [0.25, 0.3) is 11.2 Å².